The summed E-state index contributed by atoms with van der Waals surface area (Å²) in [6.45, 7) is 4.10. The molecule has 3 aromatic heterocycles. The lowest BCUT2D eigenvalue weighted by Gasteiger charge is -2.16. The minimum Gasteiger partial charge on any atom is -0.508 e. The van der Waals surface area contributed by atoms with Crippen molar-refractivity contribution in [2.45, 2.75) is 32.4 Å². The largest absolute Gasteiger partial charge is 0.508 e. The Morgan fingerprint density at radius 1 is 1.14 bits per heavy atom. The highest BCUT2D eigenvalue weighted by molar-refractivity contribution is 7.13. The SMILES string of the molecule is CC(C)(O)CCn1cc2cc(NC(=O)c3csc(-c4cccnc4)n3)c(-c3ccc(O)cc3)cc2n1. The van der Waals surface area contributed by atoms with Gasteiger partial charge in [0.25, 0.3) is 5.91 Å². The van der Waals surface area contributed by atoms with E-state index in [9.17, 15) is 15.0 Å². The van der Waals surface area contributed by atoms with Crippen molar-refractivity contribution < 1.29 is 15.0 Å². The van der Waals surface area contributed by atoms with E-state index in [2.05, 4.69) is 20.4 Å². The molecule has 9 heteroatoms. The molecule has 36 heavy (non-hydrogen) atoms. The number of nitrogens with one attached hydrogen (secondary N) is 1. The molecule has 3 heterocycles. The molecule has 182 valence electrons. The topological polar surface area (TPSA) is 113 Å². The van der Waals surface area contributed by atoms with Gasteiger partial charge in [0, 0.05) is 52.7 Å². The number of aromatic nitrogens is 4. The Labute approximate surface area is 211 Å². The molecular formula is C27H25N5O3S. The third-order valence-corrected chi connectivity index (χ3v) is 6.61. The Balaban J connectivity index is 1.49. The van der Waals surface area contributed by atoms with Crippen molar-refractivity contribution in [2.75, 3.05) is 5.32 Å². The fourth-order valence-electron chi connectivity index (χ4n) is 3.79. The molecule has 0 unspecified atom stereocenters. The summed E-state index contributed by atoms with van der Waals surface area (Å²) in [5.41, 5.74) is 3.34. The van der Waals surface area contributed by atoms with E-state index in [0.29, 0.717) is 24.3 Å². The highest BCUT2D eigenvalue weighted by atomic mass is 32.1. The smallest absolute Gasteiger partial charge is 0.275 e. The maximum Gasteiger partial charge on any atom is 0.275 e. The predicted octanol–water partition coefficient (Wildman–Crippen LogP) is 5.34. The van der Waals surface area contributed by atoms with E-state index < -0.39 is 5.60 Å². The highest BCUT2D eigenvalue weighted by Gasteiger charge is 2.18. The molecule has 8 nitrogen and oxygen atoms in total. The van der Waals surface area contributed by atoms with Crippen LogP contribution < -0.4 is 5.32 Å². The number of hydrogen-bond acceptors (Lipinski definition) is 7. The molecule has 0 bridgehead atoms. The number of hydrogen-bond donors (Lipinski definition) is 3. The molecule has 2 aromatic carbocycles. The fourth-order valence-corrected chi connectivity index (χ4v) is 4.59. The monoisotopic (exact) mass is 499 g/mol. The number of pyridine rings is 1. The Hall–Kier alpha value is -4.08. The summed E-state index contributed by atoms with van der Waals surface area (Å²) in [5, 5.41) is 30.8. The van der Waals surface area contributed by atoms with Gasteiger partial charge in [0.15, 0.2) is 0 Å². The second kappa shape index (κ2) is 9.52. The minimum atomic E-state index is -0.795. The zero-order valence-electron chi connectivity index (χ0n) is 19.8. The van der Waals surface area contributed by atoms with E-state index in [0.717, 1.165) is 32.6 Å². The number of thiazole rings is 1. The number of aryl methyl sites for hydroxylation is 1. The molecular weight excluding hydrogens is 474 g/mol. The summed E-state index contributed by atoms with van der Waals surface area (Å²) in [6, 6.07) is 14.3. The maximum atomic E-state index is 13.2. The van der Waals surface area contributed by atoms with Crippen LogP contribution in [0.1, 0.15) is 30.8 Å². The first-order chi connectivity index (χ1) is 17.2. The van der Waals surface area contributed by atoms with Crippen LogP contribution in [0.2, 0.25) is 0 Å². The van der Waals surface area contributed by atoms with Crippen LogP contribution >= 0.6 is 11.3 Å². The molecule has 0 saturated carbocycles. The van der Waals surface area contributed by atoms with Gasteiger partial charge in [-0.1, -0.05) is 12.1 Å². The van der Waals surface area contributed by atoms with E-state index in [1.165, 1.54) is 11.3 Å². The van der Waals surface area contributed by atoms with Gasteiger partial charge < -0.3 is 15.5 Å². The Bertz CT molecular complexity index is 1520. The number of rotatable bonds is 7. The van der Waals surface area contributed by atoms with Gasteiger partial charge in [0.2, 0.25) is 0 Å². The second-order valence-electron chi connectivity index (χ2n) is 9.19. The van der Waals surface area contributed by atoms with Gasteiger partial charge in [0.05, 0.1) is 11.1 Å². The lowest BCUT2D eigenvalue weighted by molar-refractivity contribution is 0.0651. The van der Waals surface area contributed by atoms with Crippen molar-refractivity contribution in [2.24, 2.45) is 0 Å². The number of benzene rings is 2. The number of anilines is 1. The van der Waals surface area contributed by atoms with Gasteiger partial charge in [0.1, 0.15) is 16.5 Å². The van der Waals surface area contributed by atoms with Gasteiger partial charge in [-0.25, -0.2) is 4.98 Å². The summed E-state index contributed by atoms with van der Waals surface area (Å²) in [7, 11) is 0. The van der Waals surface area contributed by atoms with E-state index in [-0.39, 0.29) is 11.7 Å². The molecule has 0 aliphatic heterocycles. The fraction of sp³-hybridized carbons (Fsp3) is 0.185. The molecule has 0 atom stereocenters. The van der Waals surface area contributed by atoms with Gasteiger partial charge in [-0.3, -0.25) is 14.5 Å². The second-order valence-corrected chi connectivity index (χ2v) is 10.0. The van der Waals surface area contributed by atoms with Crippen LogP contribution in [0, 0.1) is 0 Å². The predicted molar refractivity (Wildman–Crippen MR) is 141 cm³/mol. The van der Waals surface area contributed by atoms with Crippen LogP contribution in [0.25, 0.3) is 32.6 Å². The lowest BCUT2D eigenvalue weighted by atomic mass is 10.0. The quantitative estimate of drug-likeness (QED) is 0.279. The number of phenols is 1. The summed E-state index contributed by atoms with van der Waals surface area (Å²) < 4.78 is 1.80. The maximum absolute atomic E-state index is 13.2. The number of carbonyl (C=O) groups is 1. The number of aliphatic hydroxyl groups is 1. The molecule has 0 aliphatic rings. The molecule has 3 N–H and O–H groups in total. The lowest BCUT2D eigenvalue weighted by Crippen LogP contribution is -2.21. The first-order valence-corrected chi connectivity index (χ1v) is 12.3. The van der Waals surface area contributed by atoms with Crippen molar-refractivity contribution in [3.05, 3.63) is 78.2 Å². The molecule has 0 fully saturated rings. The zero-order valence-corrected chi connectivity index (χ0v) is 20.7. The first kappa shape index (κ1) is 23.7. The average molecular weight is 500 g/mol. The number of carbonyl (C=O) groups excluding carboxylic acids is 1. The zero-order chi connectivity index (χ0) is 25.3. The Morgan fingerprint density at radius 2 is 1.94 bits per heavy atom. The minimum absolute atomic E-state index is 0.159. The van der Waals surface area contributed by atoms with Crippen LogP contribution in [0.3, 0.4) is 0 Å². The molecule has 5 rings (SSSR count). The summed E-state index contributed by atoms with van der Waals surface area (Å²) in [6.07, 6.45) is 5.87. The van der Waals surface area contributed by atoms with Crippen molar-refractivity contribution in [3.63, 3.8) is 0 Å². The summed E-state index contributed by atoms with van der Waals surface area (Å²) >= 11 is 1.38. The van der Waals surface area contributed by atoms with Gasteiger partial charge >= 0.3 is 0 Å². The molecule has 0 spiro atoms. The molecule has 1 amide bonds. The van der Waals surface area contributed by atoms with Crippen molar-refractivity contribution in [1.29, 1.82) is 0 Å². The van der Waals surface area contributed by atoms with Crippen molar-refractivity contribution in [3.8, 4) is 27.4 Å². The standard InChI is InChI=1S/C27H25N5O3S/c1-27(2,35)9-11-32-15-19-12-23(21(13-22(19)31-32)17-5-7-20(33)8-6-17)29-25(34)24-16-36-26(30-24)18-4-3-10-28-14-18/h3-8,10,12-16,33,35H,9,11H2,1-2H3,(H,29,34). The third-order valence-electron chi connectivity index (χ3n) is 5.72. The van der Waals surface area contributed by atoms with Gasteiger partial charge in [-0.2, -0.15) is 5.10 Å². The Morgan fingerprint density at radius 3 is 2.67 bits per heavy atom. The summed E-state index contributed by atoms with van der Waals surface area (Å²) in [5.74, 6) is -0.165. The number of amides is 1. The van der Waals surface area contributed by atoms with Crippen LogP contribution in [0.15, 0.2) is 72.5 Å². The van der Waals surface area contributed by atoms with Crippen molar-refractivity contribution in [1.82, 2.24) is 19.7 Å². The first-order valence-electron chi connectivity index (χ1n) is 11.5. The molecule has 5 aromatic rings. The van der Waals surface area contributed by atoms with Gasteiger partial charge in [-0.05, 0) is 62.2 Å². The van der Waals surface area contributed by atoms with Crippen LogP contribution in [0.4, 0.5) is 5.69 Å². The van der Waals surface area contributed by atoms with Crippen molar-refractivity contribution >= 4 is 33.8 Å². The number of nitrogens with zero attached hydrogens (tertiary/aromatic N) is 4. The molecule has 0 saturated heterocycles. The normalized spacial score (nSPS) is 11.6. The van der Waals surface area contributed by atoms with E-state index in [4.69, 9.17) is 0 Å². The van der Waals surface area contributed by atoms with Gasteiger partial charge in [-0.15, -0.1) is 11.3 Å². The highest BCUT2D eigenvalue weighted by Crippen LogP contribution is 2.34. The molecule has 0 aliphatic carbocycles. The van der Waals surface area contributed by atoms with Crippen LogP contribution in [-0.4, -0.2) is 41.5 Å². The molecule has 0 radical (unpaired) electrons. The van der Waals surface area contributed by atoms with E-state index in [1.807, 2.05) is 30.5 Å². The number of phenolic OH excluding ortho intramolecular Hbond substituents is 1. The van der Waals surface area contributed by atoms with Crippen LogP contribution in [-0.2, 0) is 6.54 Å². The van der Waals surface area contributed by atoms with Crippen LogP contribution in [0.5, 0.6) is 5.75 Å². The number of aromatic hydroxyl groups is 1. The number of fused-ring (bicyclic) bond motifs is 1. The van der Waals surface area contributed by atoms with E-state index in [1.54, 1.807) is 60.6 Å². The van der Waals surface area contributed by atoms with E-state index >= 15 is 0 Å². The average Bonchev–Trinajstić information content (AvgIpc) is 3.50. The third kappa shape index (κ3) is 5.27. The summed E-state index contributed by atoms with van der Waals surface area (Å²) in [4.78, 5) is 21.8. The Kier molecular flexibility index (Phi) is 6.26.